The zero-order valence-electron chi connectivity index (χ0n) is 21.4. The van der Waals surface area contributed by atoms with Crippen LogP contribution in [0.15, 0.2) is 53.6 Å². The number of carbonyl (C=O) groups is 2. The predicted octanol–water partition coefficient (Wildman–Crippen LogP) is 3.39. The second-order valence-corrected chi connectivity index (χ2v) is 9.43. The van der Waals surface area contributed by atoms with Crippen LogP contribution in [0.4, 0.5) is 4.79 Å². The lowest BCUT2D eigenvalue weighted by molar-refractivity contribution is -0.133. The zero-order valence-corrected chi connectivity index (χ0v) is 22.1. The van der Waals surface area contributed by atoms with Crippen molar-refractivity contribution < 1.29 is 19.1 Å². The number of ether oxygens (including phenoxy) is 2. The number of halogens is 1. The van der Waals surface area contributed by atoms with Gasteiger partial charge in [0.1, 0.15) is 12.3 Å². The van der Waals surface area contributed by atoms with Gasteiger partial charge in [-0.25, -0.2) is 9.80 Å². The van der Waals surface area contributed by atoms with Crippen molar-refractivity contribution in [2.75, 3.05) is 59.6 Å². The van der Waals surface area contributed by atoms with Gasteiger partial charge in [0.15, 0.2) is 0 Å². The van der Waals surface area contributed by atoms with Crippen molar-refractivity contribution in [3.63, 3.8) is 0 Å². The molecule has 2 aromatic rings. The SMILES string of the molecule is CCNC(=O)N(CCN1CCOCC1)CC(=O)N1N=C(c2ccc(OC)cc2)C[C@@H]1c1ccc(Cl)cc1. The smallest absolute Gasteiger partial charge is 0.317 e. The summed E-state index contributed by atoms with van der Waals surface area (Å²) in [6.07, 6.45) is 0.550. The van der Waals surface area contributed by atoms with E-state index in [1.54, 1.807) is 12.0 Å². The minimum absolute atomic E-state index is 0.0698. The monoisotopic (exact) mass is 527 g/mol. The number of morpholine rings is 1. The number of nitrogens with zero attached hydrogens (tertiary/aromatic N) is 4. The lowest BCUT2D eigenvalue weighted by atomic mass is 9.98. The van der Waals surface area contributed by atoms with Gasteiger partial charge in [0.2, 0.25) is 0 Å². The number of methoxy groups -OCH3 is 1. The first-order chi connectivity index (χ1) is 18.0. The number of hydrogen-bond acceptors (Lipinski definition) is 6. The largest absolute Gasteiger partial charge is 0.497 e. The molecule has 3 amide bonds. The average molecular weight is 528 g/mol. The van der Waals surface area contributed by atoms with E-state index in [-0.39, 0.29) is 24.5 Å². The summed E-state index contributed by atoms with van der Waals surface area (Å²) in [6.45, 7) is 6.38. The molecule has 2 heterocycles. The summed E-state index contributed by atoms with van der Waals surface area (Å²) in [5.41, 5.74) is 2.65. The van der Waals surface area contributed by atoms with Crippen LogP contribution in [0.2, 0.25) is 5.02 Å². The molecule has 1 N–H and O–H groups in total. The van der Waals surface area contributed by atoms with Crippen molar-refractivity contribution in [3.8, 4) is 5.75 Å². The number of nitrogens with one attached hydrogen (secondary N) is 1. The summed E-state index contributed by atoms with van der Waals surface area (Å²) in [7, 11) is 1.62. The Morgan fingerprint density at radius 2 is 1.84 bits per heavy atom. The summed E-state index contributed by atoms with van der Waals surface area (Å²) < 4.78 is 10.7. The van der Waals surface area contributed by atoms with Crippen LogP contribution in [-0.4, -0.2) is 92.1 Å². The van der Waals surface area contributed by atoms with Gasteiger partial charge in [-0.05, 0) is 54.4 Å². The van der Waals surface area contributed by atoms with Crippen LogP contribution in [0.1, 0.15) is 30.5 Å². The van der Waals surface area contributed by atoms with Crippen molar-refractivity contribution in [1.82, 2.24) is 20.1 Å². The number of hydrogen-bond donors (Lipinski definition) is 1. The van der Waals surface area contributed by atoms with E-state index in [0.717, 1.165) is 35.7 Å². The average Bonchev–Trinajstić information content (AvgIpc) is 3.38. The third kappa shape index (κ3) is 7.00. The van der Waals surface area contributed by atoms with Crippen LogP contribution in [0, 0.1) is 0 Å². The van der Waals surface area contributed by atoms with Gasteiger partial charge in [-0.1, -0.05) is 23.7 Å². The van der Waals surface area contributed by atoms with Crippen LogP contribution < -0.4 is 10.1 Å². The summed E-state index contributed by atoms with van der Waals surface area (Å²) >= 11 is 6.12. The van der Waals surface area contributed by atoms with Crippen molar-refractivity contribution >= 4 is 29.3 Å². The number of amides is 3. The number of rotatable bonds is 9. The second kappa shape index (κ2) is 12.9. The lowest BCUT2D eigenvalue weighted by Crippen LogP contribution is -2.49. The Morgan fingerprint density at radius 1 is 1.14 bits per heavy atom. The molecule has 9 nitrogen and oxygen atoms in total. The van der Waals surface area contributed by atoms with E-state index in [9.17, 15) is 9.59 Å². The molecule has 198 valence electrons. The molecule has 0 aliphatic carbocycles. The van der Waals surface area contributed by atoms with Gasteiger partial charge < -0.3 is 19.7 Å². The Kier molecular flexibility index (Phi) is 9.38. The molecule has 2 aliphatic rings. The Bertz CT molecular complexity index is 1090. The van der Waals surface area contributed by atoms with Crippen molar-refractivity contribution in [3.05, 3.63) is 64.7 Å². The van der Waals surface area contributed by atoms with E-state index in [0.29, 0.717) is 44.3 Å². The van der Waals surface area contributed by atoms with Gasteiger partial charge in [0.25, 0.3) is 5.91 Å². The van der Waals surface area contributed by atoms with Crippen molar-refractivity contribution in [1.29, 1.82) is 0 Å². The molecule has 1 saturated heterocycles. The maximum absolute atomic E-state index is 13.7. The fraction of sp³-hybridized carbons (Fsp3) is 0.444. The van der Waals surface area contributed by atoms with Crippen LogP contribution in [0.25, 0.3) is 0 Å². The quantitative estimate of drug-likeness (QED) is 0.540. The molecule has 0 saturated carbocycles. The summed E-state index contributed by atoms with van der Waals surface area (Å²) in [6, 6.07) is 14.5. The molecule has 4 rings (SSSR count). The minimum Gasteiger partial charge on any atom is -0.497 e. The highest BCUT2D eigenvalue weighted by atomic mass is 35.5. The highest BCUT2D eigenvalue weighted by Crippen LogP contribution is 2.33. The molecule has 2 aromatic carbocycles. The van der Waals surface area contributed by atoms with Gasteiger partial charge in [0.05, 0.1) is 32.1 Å². The number of urea groups is 1. The molecule has 0 aromatic heterocycles. The van der Waals surface area contributed by atoms with Gasteiger partial charge in [-0.15, -0.1) is 0 Å². The minimum atomic E-state index is -0.294. The maximum Gasteiger partial charge on any atom is 0.317 e. The molecule has 0 unspecified atom stereocenters. The van der Waals surface area contributed by atoms with E-state index >= 15 is 0 Å². The number of benzene rings is 2. The predicted molar refractivity (Wildman–Crippen MR) is 143 cm³/mol. The Hall–Kier alpha value is -3.14. The fourth-order valence-corrected chi connectivity index (χ4v) is 4.61. The molecule has 2 aliphatic heterocycles. The lowest BCUT2D eigenvalue weighted by Gasteiger charge is -2.31. The molecule has 0 spiro atoms. The van der Waals surface area contributed by atoms with Crippen molar-refractivity contribution in [2.24, 2.45) is 5.10 Å². The van der Waals surface area contributed by atoms with E-state index in [1.807, 2.05) is 55.5 Å². The molecule has 37 heavy (non-hydrogen) atoms. The molecule has 10 heteroatoms. The first-order valence-corrected chi connectivity index (χ1v) is 13.0. The zero-order chi connectivity index (χ0) is 26.2. The molecular weight excluding hydrogens is 494 g/mol. The first-order valence-electron chi connectivity index (χ1n) is 12.6. The van der Waals surface area contributed by atoms with Crippen LogP contribution >= 0.6 is 11.6 Å². The molecule has 1 fully saturated rings. The van der Waals surface area contributed by atoms with E-state index in [2.05, 4.69) is 10.2 Å². The summed E-state index contributed by atoms with van der Waals surface area (Å²) in [5.74, 6) is 0.513. The molecule has 0 radical (unpaired) electrons. The van der Waals surface area contributed by atoms with Gasteiger partial charge in [-0.3, -0.25) is 9.69 Å². The normalized spacial score (nSPS) is 17.9. The van der Waals surface area contributed by atoms with E-state index in [4.69, 9.17) is 26.2 Å². The molecule has 0 bridgehead atoms. The molecule has 1 atom stereocenters. The highest BCUT2D eigenvalue weighted by molar-refractivity contribution is 6.30. The van der Waals surface area contributed by atoms with Crippen LogP contribution in [0.5, 0.6) is 5.75 Å². The molecular formula is C27H34ClN5O4. The highest BCUT2D eigenvalue weighted by Gasteiger charge is 2.34. The number of carbonyl (C=O) groups excluding carboxylic acids is 2. The standard InChI is InChI=1S/C27H34ClN5O4/c1-3-29-27(35)32(13-12-31-14-16-37-17-15-31)19-26(34)33-25(21-4-8-22(28)9-5-21)18-24(30-33)20-6-10-23(36-2)11-7-20/h4-11,25H,3,12-19H2,1-2H3,(H,29,35)/t25-/m1/s1. The Morgan fingerprint density at radius 3 is 2.49 bits per heavy atom. The second-order valence-electron chi connectivity index (χ2n) is 9.00. The first kappa shape index (κ1) is 26.9. The third-order valence-corrected chi connectivity index (χ3v) is 6.83. The van der Waals surface area contributed by atoms with Gasteiger partial charge >= 0.3 is 6.03 Å². The van der Waals surface area contributed by atoms with Crippen molar-refractivity contribution in [2.45, 2.75) is 19.4 Å². The topological polar surface area (TPSA) is 86.7 Å². The number of hydrazone groups is 1. The van der Waals surface area contributed by atoms with E-state index < -0.39 is 0 Å². The third-order valence-electron chi connectivity index (χ3n) is 6.58. The van der Waals surface area contributed by atoms with Gasteiger partial charge in [0, 0.05) is 44.2 Å². The summed E-state index contributed by atoms with van der Waals surface area (Å²) in [4.78, 5) is 30.3. The maximum atomic E-state index is 13.7. The summed E-state index contributed by atoms with van der Waals surface area (Å²) in [5, 5.41) is 9.72. The Balaban J connectivity index is 1.54. The van der Waals surface area contributed by atoms with Crippen LogP contribution in [0.3, 0.4) is 0 Å². The van der Waals surface area contributed by atoms with Crippen LogP contribution in [-0.2, 0) is 9.53 Å². The van der Waals surface area contributed by atoms with Gasteiger partial charge in [-0.2, -0.15) is 5.10 Å². The fourth-order valence-electron chi connectivity index (χ4n) is 4.48. The van der Waals surface area contributed by atoms with E-state index in [1.165, 1.54) is 5.01 Å². The Labute approximate surface area is 222 Å².